The van der Waals surface area contributed by atoms with Crippen LogP contribution >= 0.6 is 11.6 Å². The van der Waals surface area contributed by atoms with Gasteiger partial charge in [-0.15, -0.1) is 0 Å². The van der Waals surface area contributed by atoms with Gasteiger partial charge in [-0.25, -0.2) is 4.68 Å². The van der Waals surface area contributed by atoms with Crippen molar-refractivity contribution in [2.24, 2.45) is 0 Å². The molecule has 4 heteroatoms. The summed E-state index contributed by atoms with van der Waals surface area (Å²) < 4.78 is 1.70. The van der Waals surface area contributed by atoms with Crippen LogP contribution in [0, 0.1) is 0 Å². The van der Waals surface area contributed by atoms with Crippen LogP contribution in [0.3, 0.4) is 0 Å². The molecule has 0 aliphatic rings. The fraction of sp³-hybridized carbons (Fsp3) is 0.250. The van der Waals surface area contributed by atoms with Crippen LogP contribution in [0.4, 0.5) is 0 Å². The lowest BCUT2D eigenvalue weighted by Crippen LogP contribution is -1.97. The molecule has 2 aromatic rings. The summed E-state index contributed by atoms with van der Waals surface area (Å²) in [4.78, 5) is 0. The summed E-state index contributed by atoms with van der Waals surface area (Å²) in [7, 11) is 0. The Morgan fingerprint density at radius 2 is 2.06 bits per heavy atom. The number of aliphatic hydroxyl groups excluding tert-OH is 1. The Hall–Kier alpha value is -1.32. The molecule has 84 valence electrons. The Morgan fingerprint density at radius 3 is 2.56 bits per heavy atom. The van der Waals surface area contributed by atoms with Crippen molar-refractivity contribution in [3.8, 4) is 5.69 Å². The molecule has 1 atom stereocenters. The van der Waals surface area contributed by atoms with Crippen molar-refractivity contribution in [2.75, 3.05) is 0 Å². The zero-order chi connectivity index (χ0) is 11.5. The molecule has 0 aliphatic heterocycles. The highest BCUT2D eigenvalue weighted by atomic mass is 35.5. The quantitative estimate of drug-likeness (QED) is 0.890. The second-order valence-corrected chi connectivity index (χ2v) is 4.06. The molecule has 0 fully saturated rings. The van der Waals surface area contributed by atoms with Gasteiger partial charge < -0.3 is 5.11 Å². The first kappa shape index (κ1) is 11.2. The Labute approximate surface area is 99.3 Å². The van der Waals surface area contributed by atoms with E-state index in [0.717, 1.165) is 11.3 Å². The number of rotatable bonds is 3. The van der Waals surface area contributed by atoms with Gasteiger partial charge in [0, 0.05) is 6.20 Å². The molecule has 0 spiro atoms. The molecule has 0 amide bonds. The summed E-state index contributed by atoms with van der Waals surface area (Å²) >= 11 is 5.79. The minimum atomic E-state index is -0.393. The lowest BCUT2D eigenvalue weighted by molar-refractivity contribution is 0.173. The van der Waals surface area contributed by atoms with Gasteiger partial charge >= 0.3 is 0 Å². The highest BCUT2D eigenvalue weighted by Crippen LogP contribution is 2.18. The maximum Gasteiger partial charge on any atom is 0.0790 e. The SMILES string of the molecule is CC[C@H](O)c1ccc(-n2cc(Cl)cn2)cc1. The van der Waals surface area contributed by atoms with Crippen LogP contribution in [-0.2, 0) is 0 Å². The van der Waals surface area contributed by atoms with E-state index in [1.807, 2.05) is 31.2 Å². The molecule has 0 radical (unpaired) electrons. The van der Waals surface area contributed by atoms with Gasteiger partial charge in [0.05, 0.1) is 23.0 Å². The molecule has 0 unspecified atom stereocenters. The molecule has 2 rings (SSSR count). The Kier molecular flexibility index (Phi) is 3.27. The maximum atomic E-state index is 9.65. The maximum absolute atomic E-state index is 9.65. The van der Waals surface area contributed by atoms with Crippen LogP contribution in [0.15, 0.2) is 36.7 Å². The molecule has 1 heterocycles. The van der Waals surface area contributed by atoms with Crippen LogP contribution in [0.5, 0.6) is 0 Å². The zero-order valence-electron chi connectivity index (χ0n) is 8.97. The van der Waals surface area contributed by atoms with Crippen molar-refractivity contribution in [1.82, 2.24) is 9.78 Å². The normalized spacial score (nSPS) is 12.7. The lowest BCUT2D eigenvalue weighted by atomic mass is 10.1. The van der Waals surface area contributed by atoms with E-state index in [-0.39, 0.29) is 0 Å². The van der Waals surface area contributed by atoms with Gasteiger partial charge in [0.1, 0.15) is 0 Å². The van der Waals surface area contributed by atoms with Crippen molar-refractivity contribution in [3.63, 3.8) is 0 Å². The van der Waals surface area contributed by atoms with Crippen molar-refractivity contribution in [1.29, 1.82) is 0 Å². The average molecular weight is 237 g/mol. The van der Waals surface area contributed by atoms with Crippen LogP contribution < -0.4 is 0 Å². The molecular weight excluding hydrogens is 224 g/mol. The summed E-state index contributed by atoms with van der Waals surface area (Å²) in [5.74, 6) is 0. The third-order valence-electron chi connectivity index (χ3n) is 2.48. The number of nitrogens with zero attached hydrogens (tertiary/aromatic N) is 2. The van der Waals surface area contributed by atoms with Crippen molar-refractivity contribution < 1.29 is 5.11 Å². The van der Waals surface area contributed by atoms with Gasteiger partial charge in [0.15, 0.2) is 0 Å². The van der Waals surface area contributed by atoms with E-state index in [1.165, 1.54) is 0 Å². The predicted molar refractivity (Wildman–Crippen MR) is 63.8 cm³/mol. The summed E-state index contributed by atoms with van der Waals surface area (Å²) in [5, 5.41) is 14.4. The monoisotopic (exact) mass is 236 g/mol. The molecule has 0 saturated heterocycles. The lowest BCUT2D eigenvalue weighted by Gasteiger charge is -2.08. The second-order valence-electron chi connectivity index (χ2n) is 3.62. The first-order chi connectivity index (χ1) is 7.70. The average Bonchev–Trinajstić information content (AvgIpc) is 2.75. The van der Waals surface area contributed by atoms with E-state index in [9.17, 15) is 5.11 Å². The largest absolute Gasteiger partial charge is 0.388 e. The molecule has 0 saturated carbocycles. The van der Waals surface area contributed by atoms with Crippen LogP contribution in [-0.4, -0.2) is 14.9 Å². The molecule has 0 aliphatic carbocycles. The summed E-state index contributed by atoms with van der Waals surface area (Å²) in [6.45, 7) is 1.95. The summed E-state index contributed by atoms with van der Waals surface area (Å²) in [6.07, 6.45) is 3.66. The zero-order valence-corrected chi connectivity index (χ0v) is 9.72. The van der Waals surface area contributed by atoms with E-state index in [0.29, 0.717) is 11.4 Å². The molecule has 3 nitrogen and oxygen atoms in total. The topological polar surface area (TPSA) is 38.0 Å². The van der Waals surface area contributed by atoms with Gasteiger partial charge in [-0.3, -0.25) is 0 Å². The molecular formula is C12H13ClN2O. The number of aliphatic hydroxyl groups is 1. The number of halogens is 1. The van der Waals surface area contributed by atoms with Gasteiger partial charge in [-0.2, -0.15) is 5.10 Å². The van der Waals surface area contributed by atoms with Gasteiger partial charge in [0.25, 0.3) is 0 Å². The molecule has 16 heavy (non-hydrogen) atoms. The predicted octanol–water partition coefficient (Wildman–Crippen LogP) is 2.97. The first-order valence-corrected chi connectivity index (χ1v) is 5.57. The van der Waals surface area contributed by atoms with Crippen molar-refractivity contribution in [3.05, 3.63) is 47.2 Å². The minimum absolute atomic E-state index is 0.393. The number of aromatic nitrogens is 2. The van der Waals surface area contributed by atoms with E-state index in [1.54, 1.807) is 17.1 Å². The number of hydrogen-bond acceptors (Lipinski definition) is 2. The Balaban J connectivity index is 2.25. The van der Waals surface area contributed by atoms with Gasteiger partial charge in [-0.1, -0.05) is 30.7 Å². The second kappa shape index (κ2) is 4.68. The molecule has 0 bridgehead atoms. The van der Waals surface area contributed by atoms with E-state index in [4.69, 9.17) is 11.6 Å². The van der Waals surface area contributed by atoms with Crippen molar-refractivity contribution >= 4 is 11.6 Å². The van der Waals surface area contributed by atoms with Gasteiger partial charge in [-0.05, 0) is 24.1 Å². The fourth-order valence-corrected chi connectivity index (χ4v) is 1.66. The third kappa shape index (κ3) is 2.26. The Morgan fingerprint density at radius 1 is 1.38 bits per heavy atom. The van der Waals surface area contributed by atoms with Gasteiger partial charge in [0.2, 0.25) is 0 Å². The standard InChI is InChI=1S/C12H13ClN2O/c1-2-12(16)9-3-5-11(6-4-9)15-8-10(13)7-14-15/h3-8,12,16H,2H2,1H3/t12-/m0/s1. The molecule has 1 aromatic heterocycles. The van der Waals surface area contributed by atoms with Crippen LogP contribution in [0.25, 0.3) is 5.69 Å². The molecule has 1 N–H and O–H groups in total. The van der Waals surface area contributed by atoms with Crippen LogP contribution in [0.2, 0.25) is 5.02 Å². The minimum Gasteiger partial charge on any atom is -0.388 e. The van der Waals surface area contributed by atoms with Crippen LogP contribution in [0.1, 0.15) is 25.0 Å². The Bertz CT molecular complexity index is 464. The highest BCUT2D eigenvalue weighted by molar-refractivity contribution is 6.30. The first-order valence-electron chi connectivity index (χ1n) is 5.19. The van der Waals surface area contributed by atoms with E-state index < -0.39 is 6.10 Å². The summed E-state index contributed by atoms with van der Waals surface area (Å²) in [5.41, 5.74) is 1.85. The molecule has 1 aromatic carbocycles. The fourth-order valence-electron chi connectivity index (χ4n) is 1.53. The number of benzene rings is 1. The number of hydrogen-bond donors (Lipinski definition) is 1. The highest BCUT2D eigenvalue weighted by Gasteiger charge is 2.05. The van der Waals surface area contributed by atoms with Crippen molar-refractivity contribution in [2.45, 2.75) is 19.4 Å². The van der Waals surface area contributed by atoms with E-state index >= 15 is 0 Å². The third-order valence-corrected chi connectivity index (χ3v) is 2.68. The summed E-state index contributed by atoms with van der Waals surface area (Å²) in [6, 6.07) is 7.63. The smallest absolute Gasteiger partial charge is 0.0790 e. The van der Waals surface area contributed by atoms with E-state index in [2.05, 4.69) is 5.10 Å².